The van der Waals surface area contributed by atoms with Crippen molar-refractivity contribution in [1.29, 1.82) is 0 Å². The average Bonchev–Trinajstić information content (AvgIpc) is 2.85. The van der Waals surface area contributed by atoms with Crippen molar-refractivity contribution in [2.75, 3.05) is 4.90 Å². The minimum absolute atomic E-state index is 0.200. The molecular formula is C17H11NO6S2. The van der Waals surface area contributed by atoms with Crippen molar-refractivity contribution in [2.24, 2.45) is 0 Å². The van der Waals surface area contributed by atoms with Crippen LogP contribution < -0.4 is 4.90 Å². The van der Waals surface area contributed by atoms with Gasteiger partial charge in [-0.3, -0.25) is 9.69 Å². The maximum absolute atomic E-state index is 12.7. The van der Waals surface area contributed by atoms with Gasteiger partial charge in [0.15, 0.2) is 15.8 Å². The average molecular weight is 389 g/mol. The number of phenols is 3. The molecule has 3 rings (SSSR count). The molecule has 2 aromatic carbocycles. The quantitative estimate of drug-likeness (QED) is 0.360. The molecule has 0 aromatic heterocycles. The minimum Gasteiger partial charge on any atom is -0.507 e. The molecule has 0 spiro atoms. The highest BCUT2D eigenvalue weighted by Gasteiger charge is 2.34. The molecule has 7 nitrogen and oxygen atoms in total. The Morgan fingerprint density at radius 1 is 1.04 bits per heavy atom. The Kier molecular flexibility index (Phi) is 4.58. The van der Waals surface area contributed by atoms with Gasteiger partial charge >= 0.3 is 5.97 Å². The van der Waals surface area contributed by atoms with Crippen molar-refractivity contribution in [3.05, 3.63) is 52.4 Å². The van der Waals surface area contributed by atoms with E-state index in [4.69, 9.17) is 17.3 Å². The number of aromatic hydroxyl groups is 3. The summed E-state index contributed by atoms with van der Waals surface area (Å²) in [5.41, 5.74) is 0.362. The van der Waals surface area contributed by atoms with Crippen LogP contribution in [-0.2, 0) is 4.79 Å². The predicted octanol–water partition coefficient (Wildman–Crippen LogP) is 2.91. The van der Waals surface area contributed by atoms with E-state index >= 15 is 0 Å². The van der Waals surface area contributed by atoms with Crippen LogP contribution in [0.2, 0.25) is 0 Å². The number of aromatic carboxylic acids is 1. The van der Waals surface area contributed by atoms with E-state index in [-0.39, 0.29) is 32.0 Å². The van der Waals surface area contributed by atoms with Crippen molar-refractivity contribution in [2.45, 2.75) is 0 Å². The topological polar surface area (TPSA) is 118 Å². The van der Waals surface area contributed by atoms with Crippen molar-refractivity contribution < 1.29 is 30.0 Å². The molecule has 0 aliphatic carbocycles. The molecule has 0 radical (unpaired) electrons. The monoisotopic (exact) mass is 389 g/mol. The van der Waals surface area contributed by atoms with Gasteiger partial charge in [-0.15, -0.1) is 0 Å². The highest BCUT2D eigenvalue weighted by atomic mass is 32.2. The van der Waals surface area contributed by atoms with Gasteiger partial charge in [0, 0.05) is 0 Å². The first-order valence-corrected chi connectivity index (χ1v) is 8.36. The van der Waals surface area contributed by atoms with E-state index < -0.39 is 17.6 Å². The lowest BCUT2D eigenvalue weighted by molar-refractivity contribution is -0.113. The van der Waals surface area contributed by atoms with Crippen molar-refractivity contribution >= 4 is 51.9 Å². The Labute approximate surface area is 156 Å². The van der Waals surface area contributed by atoms with E-state index in [2.05, 4.69) is 0 Å². The molecule has 26 heavy (non-hydrogen) atoms. The van der Waals surface area contributed by atoms with Crippen molar-refractivity contribution in [3.63, 3.8) is 0 Å². The van der Waals surface area contributed by atoms with Crippen LogP contribution in [0, 0.1) is 0 Å². The Morgan fingerprint density at radius 3 is 2.38 bits per heavy atom. The van der Waals surface area contributed by atoms with Crippen molar-refractivity contribution in [3.8, 4) is 17.2 Å². The summed E-state index contributed by atoms with van der Waals surface area (Å²) in [4.78, 5) is 25.3. The van der Waals surface area contributed by atoms with E-state index in [1.165, 1.54) is 36.4 Å². The summed E-state index contributed by atoms with van der Waals surface area (Å²) in [6, 6.07) is 7.84. The smallest absolute Gasteiger partial charge is 0.339 e. The number of phenolic OH excluding ortho intramolecular Hbond substituents is 2. The van der Waals surface area contributed by atoms with Gasteiger partial charge in [-0.05, 0) is 42.0 Å². The predicted molar refractivity (Wildman–Crippen MR) is 100 cm³/mol. The lowest BCUT2D eigenvalue weighted by Crippen LogP contribution is -2.27. The summed E-state index contributed by atoms with van der Waals surface area (Å²) < 4.78 is 0.200. The van der Waals surface area contributed by atoms with E-state index in [1.54, 1.807) is 0 Å². The molecule has 1 amide bonds. The van der Waals surface area contributed by atoms with Crippen LogP contribution in [0.25, 0.3) is 6.08 Å². The third kappa shape index (κ3) is 3.22. The molecule has 9 heteroatoms. The first kappa shape index (κ1) is 17.8. The number of thioether (sulfide) groups is 1. The first-order chi connectivity index (χ1) is 12.3. The maximum atomic E-state index is 12.7. The second-order valence-corrected chi connectivity index (χ2v) is 6.95. The van der Waals surface area contributed by atoms with Gasteiger partial charge in [-0.25, -0.2) is 4.79 Å². The van der Waals surface area contributed by atoms with Gasteiger partial charge in [0.05, 0.1) is 10.6 Å². The van der Waals surface area contributed by atoms with Crippen LogP contribution in [0.1, 0.15) is 15.9 Å². The number of carboxylic acids is 1. The molecule has 1 heterocycles. The molecule has 1 aliphatic rings. The minimum atomic E-state index is -1.33. The van der Waals surface area contributed by atoms with Crippen LogP contribution >= 0.6 is 24.0 Å². The number of carbonyl (C=O) groups excluding carboxylic acids is 1. The van der Waals surface area contributed by atoms with Gasteiger partial charge < -0.3 is 20.4 Å². The SMILES string of the molecule is O=C(O)c1cc(N2C(=O)C(=Cc3ccc(O)c(O)c3)SC2=S)ccc1O. The number of rotatable bonds is 3. The number of hydrogen-bond acceptors (Lipinski definition) is 7. The molecule has 1 fully saturated rings. The number of thiocarbonyl (C=S) groups is 1. The fraction of sp³-hybridized carbons (Fsp3) is 0. The van der Waals surface area contributed by atoms with Gasteiger partial charge in [-0.2, -0.15) is 0 Å². The molecule has 1 saturated heterocycles. The zero-order chi connectivity index (χ0) is 19.0. The standard InChI is InChI=1S/C17H11NO6S2/c19-11-4-2-9(7-10(11)16(23)24)18-15(22)14(26-17(18)25)6-8-1-3-12(20)13(21)5-8/h1-7,19-21H,(H,23,24). The summed E-state index contributed by atoms with van der Waals surface area (Å²) in [7, 11) is 0. The number of carboxylic acid groups (broad SMARTS) is 1. The molecule has 1 aliphatic heterocycles. The Hall–Kier alpha value is -3.04. The third-order valence-corrected chi connectivity index (χ3v) is 4.86. The van der Waals surface area contributed by atoms with Gasteiger partial charge in [0.1, 0.15) is 11.3 Å². The molecule has 0 atom stereocenters. The number of nitrogens with zero attached hydrogens (tertiary/aromatic N) is 1. The van der Waals surface area contributed by atoms with E-state index in [0.717, 1.165) is 22.7 Å². The third-order valence-electron chi connectivity index (χ3n) is 3.56. The summed E-state index contributed by atoms with van der Waals surface area (Å²) >= 11 is 6.22. The fourth-order valence-corrected chi connectivity index (χ4v) is 3.61. The molecular weight excluding hydrogens is 378 g/mol. The molecule has 2 aromatic rings. The first-order valence-electron chi connectivity index (χ1n) is 7.14. The van der Waals surface area contributed by atoms with Gasteiger partial charge in [0.25, 0.3) is 5.91 Å². The molecule has 4 N–H and O–H groups in total. The van der Waals surface area contributed by atoms with E-state index in [0.29, 0.717) is 5.56 Å². The summed E-state index contributed by atoms with van der Waals surface area (Å²) in [6.07, 6.45) is 1.50. The van der Waals surface area contributed by atoms with Crippen molar-refractivity contribution in [1.82, 2.24) is 0 Å². The Morgan fingerprint density at radius 2 is 1.73 bits per heavy atom. The number of carbonyl (C=O) groups is 2. The zero-order valence-corrected chi connectivity index (χ0v) is 14.5. The number of benzene rings is 2. The van der Waals surface area contributed by atoms with Crippen LogP contribution in [0.4, 0.5) is 5.69 Å². The maximum Gasteiger partial charge on any atom is 0.339 e. The van der Waals surface area contributed by atoms with Gasteiger partial charge in [-0.1, -0.05) is 30.0 Å². The fourth-order valence-electron chi connectivity index (χ4n) is 2.31. The molecule has 0 saturated carbocycles. The highest BCUT2D eigenvalue weighted by molar-refractivity contribution is 8.27. The summed E-state index contributed by atoms with van der Waals surface area (Å²) in [6.45, 7) is 0. The molecule has 0 bridgehead atoms. The zero-order valence-electron chi connectivity index (χ0n) is 12.9. The Bertz CT molecular complexity index is 985. The highest BCUT2D eigenvalue weighted by Crippen LogP contribution is 2.38. The van der Waals surface area contributed by atoms with E-state index in [1.807, 2.05) is 0 Å². The molecule has 132 valence electrons. The largest absolute Gasteiger partial charge is 0.507 e. The number of anilines is 1. The van der Waals surface area contributed by atoms with Gasteiger partial charge in [0.2, 0.25) is 0 Å². The van der Waals surface area contributed by atoms with Crippen LogP contribution in [0.5, 0.6) is 17.2 Å². The normalized spacial score (nSPS) is 15.7. The van der Waals surface area contributed by atoms with Crippen LogP contribution in [-0.4, -0.2) is 36.6 Å². The number of hydrogen-bond donors (Lipinski definition) is 4. The van der Waals surface area contributed by atoms with Crippen LogP contribution in [0.3, 0.4) is 0 Å². The second-order valence-electron chi connectivity index (χ2n) is 5.27. The van der Waals surface area contributed by atoms with E-state index in [9.17, 15) is 24.9 Å². The lowest BCUT2D eigenvalue weighted by Gasteiger charge is -2.15. The second kappa shape index (κ2) is 6.70. The summed E-state index contributed by atoms with van der Waals surface area (Å²) in [5.74, 6) is -2.81. The summed E-state index contributed by atoms with van der Waals surface area (Å²) in [5, 5.41) is 37.6. The lowest BCUT2D eigenvalue weighted by atomic mass is 10.1. The molecule has 0 unspecified atom stereocenters. The Balaban J connectivity index is 1.97. The van der Waals surface area contributed by atoms with Crippen LogP contribution in [0.15, 0.2) is 41.3 Å². The number of amides is 1.